The van der Waals surface area contributed by atoms with Gasteiger partial charge in [-0.05, 0) is 30.9 Å². The summed E-state index contributed by atoms with van der Waals surface area (Å²) < 4.78 is 0. The van der Waals surface area contributed by atoms with E-state index in [9.17, 15) is 24.0 Å². The van der Waals surface area contributed by atoms with E-state index in [0.29, 0.717) is 17.3 Å². The van der Waals surface area contributed by atoms with Crippen LogP contribution in [-0.2, 0) is 25.6 Å². The molecule has 45 heavy (non-hydrogen) atoms. The fourth-order valence-electron chi connectivity index (χ4n) is 4.85. The van der Waals surface area contributed by atoms with Gasteiger partial charge in [0.2, 0.25) is 23.6 Å². The molecule has 1 fully saturated rings. The summed E-state index contributed by atoms with van der Waals surface area (Å²) in [5.41, 5.74) is 0.982. The summed E-state index contributed by atoms with van der Waals surface area (Å²) in [5, 5.41) is 10.4. The number of rotatable bonds is 5. The second-order valence-corrected chi connectivity index (χ2v) is 12.0. The van der Waals surface area contributed by atoms with Crippen molar-refractivity contribution >= 4 is 40.9 Å². The summed E-state index contributed by atoms with van der Waals surface area (Å²) in [7, 11) is 1.47. The molecule has 13 nitrogen and oxygen atoms in total. The fraction of sp³-hybridized carbons (Fsp3) is 0.419. The zero-order chi connectivity index (χ0) is 32.5. The van der Waals surface area contributed by atoms with Crippen LogP contribution in [0.15, 0.2) is 54.2 Å². The highest BCUT2D eigenvalue weighted by Gasteiger charge is 2.34. The van der Waals surface area contributed by atoms with Crippen LogP contribution in [0.5, 0.6) is 0 Å². The smallest absolute Gasteiger partial charge is 0.274 e. The number of hydrogen-bond donors (Lipinski definition) is 3. The Bertz CT molecular complexity index is 1500. The van der Waals surface area contributed by atoms with Crippen LogP contribution in [0.4, 0.5) is 0 Å². The van der Waals surface area contributed by atoms with Crippen molar-refractivity contribution in [2.24, 2.45) is 5.92 Å². The summed E-state index contributed by atoms with van der Waals surface area (Å²) in [5.74, 6) is -2.33. The van der Waals surface area contributed by atoms with Crippen LogP contribution < -0.4 is 16.0 Å². The number of amides is 5. The average Bonchev–Trinajstić information content (AvgIpc) is 3.53. The predicted octanol–water partition coefficient (Wildman–Crippen LogP) is 1.28. The molecule has 1 aromatic carbocycles. The quantitative estimate of drug-likeness (QED) is 0.378. The maximum atomic E-state index is 13.8. The van der Waals surface area contributed by atoms with E-state index < -0.39 is 47.7 Å². The maximum absolute atomic E-state index is 13.8. The highest BCUT2D eigenvalue weighted by Crippen LogP contribution is 2.21. The molecule has 1 aliphatic rings. The van der Waals surface area contributed by atoms with E-state index in [2.05, 4.69) is 30.9 Å². The maximum Gasteiger partial charge on any atom is 0.274 e. The van der Waals surface area contributed by atoms with Crippen molar-refractivity contribution in [3.63, 3.8) is 0 Å². The Hall–Kier alpha value is -4.72. The van der Waals surface area contributed by atoms with Gasteiger partial charge in [0.25, 0.3) is 5.91 Å². The molecule has 3 atom stereocenters. The largest absolute Gasteiger partial charge is 0.354 e. The molecule has 2 aromatic heterocycles. The molecule has 238 valence electrons. The van der Waals surface area contributed by atoms with Gasteiger partial charge in [-0.25, -0.2) is 15.0 Å². The van der Waals surface area contributed by atoms with E-state index in [1.54, 1.807) is 44.6 Å². The number of likely N-dealkylation sites (N-methyl/N-ethyl adjacent to an activating group) is 1. The molecule has 3 aromatic rings. The van der Waals surface area contributed by atoms with Crippen molar-refractivity contribution in [1.82, 2.24) is 40.7 Å². The normalized spacial score (nSPS) is 20.9. The van der Waals surface area contributed by atoms with Crippen molar-refractivity contribution in [1.29, 1.82) is 0 Å². The molecule has 5 amide bonds. The molecular weight excluding hydrogens is 596 g/mol. The Kier molecular flexibility index (Phi) is 11.3. The fourth-order valence-corrected chi connectivity index (χ4v) is 5.58. The predicted molar refractivity (Wildman–Crippen MR) is 168 cm³/mol. The zero-order valence-electron chi connectivity index (χ0n) is 25.7. The average molecular weight is 635 g/mol. The van der Waals surface area contributed by atoms with E-state index in [1.807, 2.05) is 30.3 Å². The Labute approximate surface area is 265 Å². The van der Waals surface area contributed by atoms with Crippen LogP contribution in [0.1, 0.15) is 43.2 Å². The van der Waals surface area contributed by atoms with Gasteiger partial charge in [0.1, 0.15) is 23.8 Å². The molecule has 1 saturated heterocycles. The monoisotopic (exact) mass is 634 g/mol. The number of benzene rings is 1. The third-order valence-corrected chi connectivity index (χ3v) is 8.22. The van der Waals surface area contributed by atoms with Crippen LogP contribution >= 0.6 is 11.3 Å². The highest BCUT2D eigenvalue weighted by atomic mass is 32.1. The summed E-state index contributed by atoms with van der Waals surface area (Å²) in [6.07, 6.45) is 3.73. The molecule has 4 rings (SSSR count). The molecule has 3 N–H and O–H groups in total. The first-order chi connectivity index (χ1) is 21.5. The van der Waals surface area contributed by atoms with Crippen LogP contribution in [0.2, 0.25) is 0 Å². The standard InChI is InChI=1S/C31H38N8O5S/c1-19(2)25-31(44)38(4)17-24(40)35-22(16-21-10-6-5-7-11-21)28(42)34-14-9-15-39(20(3)27(41)37-25)30(43)23-18-45-29(36-23)26-32-12-8-13-33-26/h5-8,10-13,18-20,22,25H,9,14-17H2,1-4H3,(H,34,42)(H,35,40)(H,37,41)/t20-,22+,25+/m1/s1. The van der Waals surface area contributed by atoms with Crippen LogP contribution in [0.25, 0.3) is 10.8 Å². The lowest BCUT2D eigenvalue weighted by atomic mass is 10.0. The summed E-state index contributed by atoms with van der Waals surface area (Å²) in [6, 6.07) is 8.15. The number of aromatic nitrogens is 3. The van der Waals surface area contributed by atoms with Crippen LogP contribution in [0.3, 0.4) is 0 Å². The molecule has 14 heteroatoms. The van der Waals surface area contributed by atoms with Gasteiger partial charge in [0.05, 0.1) is 6.54 Å². The first-order valence-corrected chi connectivity index (χ1v) is 15.6. The Balaban J connectivity index is 1.60. The first kappa shape index (κ1) is 33.2. The van der Waals surface area contributed by atoms with Crippen LogP contribution in [-0.4, -0.2) is 99.1 Å². The van der Waals surface area contributed by atoms with Crippen molar-refractivity contribution < 1.29 is 24.0 Å². The lowest BCUT2D eigenvalue weighted by Gasteiger charge is -2.32. The zero-order valence-corrected chi connectivity index (χ0v) is 26.5. The van der Waals surface area contributed by atoms with Crippen molar-refractivity contribution in [3.05, 3.63) is 65.4 Å². The molecule has 0 aliphatic carbocycles. The minimum Gasteiger partial charge on any atom is -0.354 e. The van der Waals surface area contributed by atoms with E-state index >= 15 is 0 Å². The molecular formula is C31H38N8O5S. The lowest BCUT2D eigenvalue weighted by Crippen LogP contribution is -2.57. The van der Waals surface area contributed by atoms with Gasteiger partial charge in [0, 0.05) is 44.3 Å². The van der Waals surface area contributed by atoms with E-state index in [-0.39, 0.29) is 37.7 Å². The van der Waals surface area contributed by atoms with E-state index in [4.69, 9.17) is 0 Å². The topological polar surface area (TPSA) is 167 Å². The molecule has 0 radical (unpaired) electrons. The third-order valence-electron chi connectivity index (χ3n) is 7.39. The van der Waals surface area contributed by atoms with Crippen molar-refractivity contribution in [2.45, 2.75) is 51.7 Å². The number of thiazole rings is 1. The van der Waals surface area contributed by atoms with E-state index in [0.717, 1.165) is 5.56 Å². The van der Waals surface area contributed by atoms with Gasteiger partial charge in [-0.1, -0.05) is 44.2 Å². The molecule has 0 unspecified atom stereocenters. The molecule has 0 saturated carbocycles. The van der Waals surface area contributed by atoms with Gasteiger partial charge in [0.15, 0.2) is 10.8 Å². The number of nitrogens with zero attached hydrogens (tertiary/aromatic N) is 5. The Morgan fingerprint density at radius 1 is 1.02 bits per heavy atom. The van der Waals surface area contributed by atoms with Crippen molar-refractivity contribution in [2.75, 3.05) is 26.7 Å². The van der Waals surface area contributed by atoms with Gasteiger partial charge in [-0.2, -0.15) is 0 Å². The number of nitrogens with one attached hydrogen (secondary N) is 3. The lowest BCUT2D eigenvalue weighted by molar-refractivity contribution is -0.140. The van der Waals surface area contributed by atoms with Crippen molar-refractivity contribution in [3.8, 4) is 10.8 Å². The van der Waals surface area contributed by atoms with Gasteiger partial charge in [-0.3, -0.25) is 24.0 Å². The van der Waals surface area contributed by atoms with Crippen LogP contribution in [0, 0.1) is 5.92 Å². The minimum atomic E-state index is -0.979. The van der Waals surface area contributed by atoms with Gasteiger partial charge in [-0.15, -0.1) is 11.3 Å². The Morgan fingerprint density at radius 2 is 1.73 bits per heavy atom. The van der Waals surface area contributed by atoms with Gasteiger partial charge < -0.3 is 25.8 Å². The first-order valence-electron chi connectivity index (χ1n) is 14.8. The van der Waals surface area contributed by atoms with E-state index in [1.165, 1.54) is 28.2 Å². The molecule has 1 aliphatic heterocycles. The Morgan fingerprint density at radius 3 is 2.42 bits per heavy atom. The summed E-state index contributed by atoms with van der Waals surface area (Å²) in [6.45, 7) is 5.13. The highest BCUT2D eigenvalue weighted by molar-refractivity contribution is 7.13. The molecule has 3 heterocycles. The summed E-state index contributed by atoms with van der Waals surface area (Å²) in [4.78, 5) is 82.4. The SMILES string of the molecule is CC(C)[C@@H]1NC(=O)[C@@H](C)N(C(=O)c2csc(-c3ncccn3)n2)CCCNC(=O)[C@H](Cc2ccccc2)NC(=O)CN(C)C1=O. The van der Waals surface area contributed by atoms with Gasteiger partial charge >= 0.3 is 0 Å². The third kappa shape index (κ3) is 8.69. The molecule has 0 spiro atoms. The number of hydrogen-bond acceptors (Lipinski definition) is 9. The molecule has 0 bridgehead atoms. The second-order valence-electron chi connectivity index (χ2n) is 11.2. The summed E-state index contributed by atoms with van der Waals surface area (Å²) >= 11 is 1.21. The number of carbonyl (C=O) groups excluding carboxylic acids is 5. The minimum absolute atomic E-state index is 0.109. The second kappa shape index (κ2) is 15.3. The number of carbonyl (C=O) groups is 5.